The molecule has 5 heteroatoms. The Bertz CT molecular complexity index is 376. The maximum Gasteiger partial charge on any atom is 0.153 e. The third-order valence-electron chi connectivity index (χ3n) is 2.84. The van der Waals surface area contributed by atoms with Crippen LogP contribution in [0.3, 0.4) is 0 Å². The molecule has 0 radical (unpaired) electrons. The standard InChI is InChI=1S/C13H21N3O2/c1-3-16(10-13(14)15-17)9-8-11-4-6-12(18-2)7-5-11/h4-7,17H,3,8-10H2,1-2H3,(H2,14,15). The topological polar surface area (TPSA) is 71.1 Å². The first-order valence-electron chi connectivity index (χ1n) is 6.01. The van der Waals surface area contributed by atoms with E-state index in [1.165, 1.54) is 5.56 Å². The number of likely N-dealkylation sites (N-methyl/N-ethyl adjacent to an activating group) is 1. The number of hydrogen-bond donors (Lipinski definition) is 2. The van der Waals surface area contributed by atoms with E-state index in [-0.39, 0.29) is 5.84 Å². The van der Waals surface area contributed by atoms with Crippen LogP contribution < -0.4 is 10.5 Å². The molecule has 0 bridgehead atoms. The smallest absolute Gasteiger partial charge is 0.153 e. The van der Waals surface area contributed by atoms with Gasteiger partial charge in [0.1, 0.15) is 5.75 Å². The van der Waals surface area contributed by atoms with E-state index in [1.807, 2.05) is 12.1 Å². The van der Waals surface area contributed by atoms with Gasteiger partial charge >= 0.3 is 0 Å². The van der Waals surface area contributed by atoms with E-state index in [0.717, 1.165) is 25.3 Å². The molecule has 0 amide bonds. The van der Waals surface area contributed by atoms with Crippen molar-refractivity contribution < 1.29 is 9.94 Å². The van der Waals surface area contributed by atoms with Gasteiger partial charge in [-0.3, -0.25) is 4.90 Å². The summed E-state index contributed by atoms with van der Waals surface area (Å²) >= 11 is 0. The summed E-state index contributed by atoms with van der Waals surface area (Å²) in [5.74, 6) is 1.11. The van der Waals surface area contributed by atoms with Crippen LogP contribution in [0.15, 0.2) is 29.4 Å². The van der Waals surface area contributed by atoms with Crippen molar-refractivity contribution in [2.75, 3.05) is 26.7 Å². The van der Waals surface area contributed by atoms with Crippen LogP contribution in [-0.2, 0) is 6.42 Å². The summed E-state index contributed by atoms with van der Waals surface area (Å²) in [6.07, 6.45) is 0.927. The molecular weight excluding hydrogens is 230 g/mol. The zero-order valence-corrected chi connectivity index (χ0v) is 11.0. The first kappa shape index (κ1) is 14.3. The molecule has 0 aliphatic heterocycles. The lowest BCUT2D eigenvalue weighted by Crippen LogP contribution is -2.35. The average molecular weight is 251 g/mol. The van der Waals surface area contributed by atoms with Crippen LogP contribution in [0.4, 0.5) is 0 Å². The minimum absolute atomic E-state index is 0.242. The third kappa shape index (κ3) is 4.63. The van der Waals surface area contributed by atoms with Crippen LogP contribution in [-0.4, -0.2) is 42.7 Å². The van der Waals surface area contributed by atoms with Crippen molar-refractivity contribution in [2.24, 2.45) is 10.9 Å². The van der Waals surface area contributed by atoms with Crippen LogP contribution in [0.25, 0.3) is 0 Å². The molecule has 0 aliphatic carbocycles. The van der Waals surface area contributed by atoms with Gasteiger partial charge in [0.05, 0.1) is 13.7 Å². The average Bonchev–Trinajstić information content (AvgIpc) is 2.43. The summed E-state index contributed by atoms with van der Waals surface area (Å²) in [5.41, 5.74) is 6.74. The largest absolute Gasteiger partial charge is 0.497 e. The Kier molecular flexibility index (Phi) is 6.00. The lowest BCUT2D eigenvalue weighted by Gasteiger charge is -2.19. The summed E-state index contributed by atoms with van der Waals surface area (Å²) < 4.78 is 5.11. The molecule has 0 saturated heterocycles. The molecule has 5 nitrogen and oxygen atoms in total. The number of ether oxygens (including phenoxy) is 1. The number of nitrogens with two attached hydrogens (primary N) is 1. The summed E-state index contributed by atoms with van der Waals surface area (Å²) in [6.45, 7) is 4.28. The van der Waals surface area contributed by atoms with Crippen LogP contribution in [0.2, 0.25) is 0 Å². The van der Waals surface area contributed by atoms with Gasteiger partial charge in [0.25, 0.3) is 0 Å². The van der Waals surface area contributed by atoms with Crippen molar-refractivity contribution in [3.8, 4) is 5.75 Å². The normalized spacial score (nSPS) is 11.8. The van der Waals surface area contributed by atoms with Crippen LogP contribution in [0, 0.1) is 0 Å². The number of oxime groups is 1. The van der Waals surface area contributed by atoms with Crippen molar-refractivity contribution in [2.45, 2.75) is 13.3 Å². The first-order valence-corrected chi connectivity index (χ1v) is 6.01. The van der Waals surface area contributed by atoms with Gasteiger partial charge in [0, 0.05) is 6.54 Å². The first-order chi connectivity index (χ1) is 8.69. The predicted octanol–water partition coefficient (Wildman–Crippen LogP) is 1.31. The molecule has 0 atom stereocenters. The van der Waals surface area contributed by atoms with E-state index in [9.17, 15) is 0 Å². The van der Waals surface area contributed by atoms with Gasteiger partial charge in [0.2, 0.25) is 0 Å². The fraction of sp³-hybridized carbons (Fsp3) is 0.462. The number of rotatable bonds is 7. The molecule has 0 saturated carbocycles. The molecule has 0 fully saturated rings. The van der Waals surface area contributed by atoms with Gasteiger partial charge in [-0.05, 0) is 30.7 Å². The van der Waals surface area contributed by atoms with E-state index in [1.54, 1.807) is 7.11 Å². The number of benzene rings is 1. The van der Waals surface area contributed by atoms with Gasteiger partial charge in [-0.2, -0.15) is 0 Å². The van der Waals surface area contributed by atoms with Crippen LogP contribution >= 0.6 is 0 Å². The van der Waals surface area contributed by atoms with E-state index >= 15 is 0 Å². The predicted molar refractivity (Wildman–Crippen MR) is 72.2 cm³/mol. The Hall–Kier alpha value is -1.75. The quantitative estimate of drug-likeness (QED) is 0.332. The second-order valence-electron chi connectivity index (χ2n) is 4.06. The molecule has 1 aromatic carbocycles. The minimum Gasteiger partial charge on any atom is -0.497 e. The Morgan fingerprint density at radius 2 is 2.06 bits per heavy atom. The molecule has 1 aromatic rings. The highest BCUT2D eigenvalue weighted by molar-refractivity contribution is 5.81. The molecule has 0 spiro atoms. The Morgan fingerprint density at radius 1 is 1.39 bits per heavy atom. The van der Waals surface area contributed by atoms with Gasteiger partial charge in [0.15, 0.2) is 5.84 Å². The number of amidine groups is 1. The molecule has 1 rings (SSSR count). The second kappa shape index (κ2) is 7.55. The van der Waals surface area contributed by atoms with E-state index in [0.29, 0.717) is 6.54 Å². The van der Waals surface area contributed by atoms with Gasteiger partial charge in [-0.15, -0.1) is 0 Å². The number of hydrogen-bond acceptors (Lipinski definition) is 4. The minimum atomic E-state index is 0.242. The maximum atomic E-state index is 8.54. The lowest BCUT2D eigenvalue weighted by molar-refractivity contribution is 0.300. The zero-order chi connectivity index (χ0) is 13.4. The molecular formula is C13H21N3O2. The van der Waals surface area contributed by atoms with Gasteiger partial charge in [-0.25, -0.2) is 0 Å². The van der Waals surface area contributed by atoms with Gasteiger partial charge in [-0.1, -0.05) is 24.2 Å². The van der Waals surface area contributed by atoms with E-state index in [2.05, 4.69) is 29.1 Å². The lowest BCUT2D eigenvalue weighted by atomic mass is 10.1. The molecule has 100 valence electrons. The highest BCUT2D eigenvalue weighted by atomic mass is 16.5. The molecule has 0 unspecified atom stereocenters. The Balaban J connectivity index is 2.46. The van der Waals surface area contributed by atoms with Crippen molar-refractivity contribution in [1.82, 2.24) is 4.90 Å². The van der Waals surface area contributed by atoms with Crippen molar-refractivity contribution in [3.63, 3.8) is 0 Å². The molecule has 0 heterocycles. The Labute approximate surface area is 108 Å². The number of methoxy groups -OCH3 is 1. The second-order valence-corrected chi connectivity index (χ2v) is 4.06. The summed E-state index contributed by atoms with van der Waals surface area (Å²) in [6, 6.07) is 8.01. The van der Waals surface area contributed by atoms with Crippen molar-refractivity contribution >= 4 is 5.84 Å². The molecule has 0 aromatic heterocycles. The monoisotopic (exact) mass is 251 g/mol. The third-order valence-corrected chi connectivity index (χ3v) is 2.84. The summed E-state index contributed by atoms with van der Waals surface area (Å²) in [5, 5.41) is 11.5. The fourth-order valence-electron chi connectivity index (χ4n) is 1.69. The van der Waals surface area contributed by atoms with E-state index in [4.69, 9.17) is 15.7 Å². The highest BCUT2D eigenvalue weighted by Gasteiger charge is 2.05. The Morgan fingerprint density at radius 3 is 2.56 bits per heavy atom. The molecule has 3 N–H and O–H groups in total. The summed E-state index contributed by atoms with van der Waals surface area (Å²) in [4.78, 5) is 2.12. The molecule has 18 heavy (non-hydrogen) atoms. The fourth-order valence-corrected chi connectivity index (χ4v) is 1.69. The number of nitrogens with zero attached hydrogens (tertiary/aromatic N) is 2. The van der Waals surface area contributed by atoms with Gasteiger partial charge < -0.3 is 15.7 Å². The maximum absolute atomic E-state index is 8.54. The SMILES string of the molecule is CCN(CCc1ccc(OC)cc1)CC(N)=NO. The summed E-state index contributed by atoms with van der Waals surface area (Å²) in [7, 11) is 1.66. The van der Waals surface area contributed by atoms with Crippen LogP contribution in [0.1, 0.15) is 12.5 Å². The van der Waals surface area contributed by atoms with E-state index < -0.39 is 0 Å². The highest BCUT2D eigenvalue weighted by Crippen LogP contribution is 2.11. The van der Waals surface area contributed by atoms with Crippen molar-refractivity contribution in [1.29, 1.82) is 0 Å². The molecule has 0 aliphatic rings. The van der Waals surface area contributed by atoms with Crippen LogP contribution in [0.5, 0.6) is 5.75 Å². The zero-order valence-electron chi connectivity index (χ0n) is 11.0. The van der Waals surface area contributed by atoms with Crippen molar-refractivity contribution in [3.05, 3.63) is 29.8 Å².